The summed E-state index contributed by atoms with van der Waals surface area (Å²) in [6.07, 6.45) is 4.58. The quantitative estimate of drug-likeness (QED) is 0.101. The van der Waals surface area contributed by atoms with Crippen LogP contribution in [0.1, 0.15) is 137 Å². The molecule has 0 aromatic heterocycles. The summed E-state index contributed by atoms with van der Waals surface area (Å²) in [5.74, 6) is -0.127. The number of benzene rings is 4. The van der Waals surface area contributed by atoms with Gasteiger partial charge in [0.2, 0.25) is 0 Å². The Morgan fingerprint density at radius 3 is 1.27 bits per heavy atom. The number of aliphatic carboxylic acids is 1. The summed E-state index contributed by atoms with van der Waals surface area (Å²) in [4.78, 5) is 11.1. The zero-order chi connectivity index (χ0) is 46.2. The van der Waals surface area contributed by atoms with Crippen molar-refractivity contribution in [2.45, 2.75) is 156 Å². The van der Waals surface area contributed by atoms with E-state index in [0.717, 1.165) is 59.4 Å². The van der Waals surface area contributed by atoms with E-state index in [1.807, 2.05) is 40.7 Å². The maximum atomic E-state index is 11.1. The van der Waals surface area contributed by atoms with E-state index in [4.69, 9.17) is 33.5 Å². The predicted molar refractivity (Wildman–Crippen MR) is 250 cm³/mol. The topological polar surface area (TPSA) is 113 Å². The number of carbonyl (C=O) groups is 1. The molecular formula is C54H74O9. The highest BCUT2D eigenvalue weighted by molar-refractivity contribution is 5.71. The maximum Gasteiger partial charge on any atom is 0.307 e. The van der Waals surface area contributed by atoms with Crippen LogP contribution in [-0.4, -0.2) is 73.0 Å². The Bertz CT molecular complexity index is 2150. The molecule has 0 aliphatic carbocycles. The van der Waals surface area contributed by atoms with Crippen molar-refractivity contribution in [2.75, 3.05) is 33.0 Å². The Balaban J connectivity index is 0.000000238. The molecule has 0 radical (unpaired) electrons. The van der Waals surface area contributed by atoms with Crippen LogP contribution in [0.15, 0.2) is 72.8 Å². The Labute approximate surface area is 377 Å². The molecule has 2 atom stereocenters. The maximum absolute atomic E-state index is 11.1. The number of aryl methyl sites for hydroxylation is 4. The molecule has 63 heavy (non-hydrogen) atoms. The van der Waals surface area contributed by atoms with Crippen LogP contribution in [0.5, 0.6) is 11.5 Å². The van der Waals surface area contributed by atoms with Crippen LogP contribution in [0, 0.1) is 27.7 Å². The van der Waals surface area contributed by atoms with Gasteiger partial charge < -0.3 is 38.6 Å². The number of rotatable bonds is 18. The van der Waals surface area contributed by atoms with Gasteiger partial charge in [-0.15, -0.1) is 0 Å². The molecule has 2 heterocycles. The molecule has 4 aromatic carbocycles. The molecule has 2 N–H and O–H groups in total. The van der Waals surface area contributed by atoms with E-state index in [2.05, 4.69) is 115 Å². The van der Waals surface area contributed by atoms with E-state index in [-0.39, 0.29) is 36.1 Å². The van der Waals surface area contributed by atoms with Crippen molar-refractivity contribution in [3.63, 3.8) is 0 Å². The fourth-order valence-corrected chi connectivity index (χ4v) is 9.49. The average molecular weight is 867 g/mol. The third-order valence-corrected chi connectivity index (χ3v) is 13.4. The van der Waals surface area contributed by atoms with Crippen LogP contribution < -0.4 is 9.47 Å². The van der Waals surface area contributed by atoms with E-state index in [0.29, 0.717) is 32.8 Å². The summed E-state index contributed by atoms with van der Waals surface area (Å²) in [6, 6.07) is 25.9. The third kappa shape index (κ3) is 11.9. The summed E-state index contributed by atoms with van der Waals surface area (Å²) in [5, 5.41) is 18.5. The second-order valence-corrected chi connectivity index (χ2v) is 18.4. The Kier molecular flexibility index (Phi) is 16.7. The SMILES string of the molecule is CCC(CC)(c1ccc(CC(=O)O)c(C)c1)c1ccc(OC[C@@H]2COC(C)(C)O2)c(C)c1.CCC(CC)(c1ccc(CCO)c(C)c1)c1ccc(OC[C@@H]2COC(C)(C)O2)c(C)c1. The van der Waals surface area contributed by atoms with Crippen molar-refractivity contribution in [1.82, 2.24) is 0 Å². The normalized spacial score (nSPS) is 18.2. The first-order chi connectivity index (χ1) is 29.8. The van der Waals surface area contributed by atoms with Crippen LogP contribution >= 0.6 is 0 Å². The molecule has 0 bridgehead atoms. The van der Waals surface area contributed by atoms with Crippen molar-refractivity contribution in [2.24, 2.45) is 0 Å². The molecule has 0 unspecified atom stereocenters. The Morgan fingerprint density at radius 1 is 0.603 bits per heavy atom. The van der Waals surface area contributed by atoms with Crippen molar-refractivity contribution < 1.29 is 43.4 Å². The molecule has 4 aromatic rings. The minimum Gasteiger partial charge on any atom is -0.491 e. The number of hydrogen-bond donors (Lipinski definition) is 2. The molecule has 9 nitrogen and oxygen atoms in total. The lowest BCUT2D eigenvalue weighted by atomic mass is 9.70. The van der Waals surface area contributed by atoms with Crippen molar-refractivity contribution >= 4 is 5.97 Å². The van der Waals surface area contributed by atoms with E-state index in [9.17, 15) is 9.90 Å². The number of aliphatic hydroxyl groups is 1. The first-order valence-electron chi connectivity index (χ1n) is 23.0. The molecule has 6 rings (SSSR count). The molecule has 344 valence electrons. The van der Waals surface area contributed by atoms with E-state index >= 15 is 0 Å². The molecule has 0 spiro atoms. The average Bonchev–Trinajstić information content (AvgIpc) is 3.79. The molecule has 9 heteroatoms. The second-order valence-electron chi connectivity index (χ2n) is 18.4. The molecule has 0 amide bonds. The van der Waals surface area contributed by atoms with Gasteiger partial charge in [-0.1, -0.05) is 88.4 Å². The van der Waals surface area contributed by atoms with Crippen LogP contribution in [0.2, 0.25) is 0 Å². The fraction of sp³-hybridized carbons (Fsp3) is 0.537. The third-order valence-electron chi connectivity index (χ3n) is 13.4. The zero-order valence-corrected chi connectivity index (χ0v) is 40.1. The van der Waals surface area contributed by atoms with Gasteiger partial charge in [-0.05, 0) is 155 Å². The second kappa shape index (κ2) is 21.2. The number of carboxylic acids is 1. The van der Waals surface area contributed by atoms with Gasteiger partial charge in [-0.25, -0.2) is 0 Å². The van der Waals surface area contributed by atoms with Gasteiger partial charge in [0.05, 0.1) is 19.6 Å². The van der Waals surface area contributed by atoms with Gasteiger partial charge in [0.1, 0.15) is 36.9 Å². The van der Waals surface area contributed by atoms with E-state index in [1.165, 1.54) is 33.4 Å². The summed E-state index contributed by atoms with van der Waals surface area (Å²) in [7, 11) is 0. The highest BCUT2D eigenvalue weighted by atomic mass is 16.8. The zero-order valence-electron chi connectivity index (χ0n) is 40.1. The minimum atomic E-state index is -0.803. The monoisotopic (exact) mass is 867 g/mol. The van der Waals surface area contributed by atoms with E-state index < -0.39 is 17.5 Å². The lowest BCUT2D eigenvalue weighted by molar-refractivity contribution is -0.141. The van der Waals surface area contributed by atoms with Gasteiger partial charge in [0, 0.05) is 17.4 Å². The summed E-state index contributed by atoms with van der Waals surface area (Å²) in [6.45, 7) is 27.2. The largest absolute Gasteiger partial charge is 0.491 e. The van der Waals surface area contributed by atoms with Crippen LogP contribution in [0.3, 0.4) is 0 Å². The first kappa shape index (κ1) is 49.8. The van der Waals surface area contributed by atoms with Crippen LogP contribution in [-0.2, 0) is 47.4 Å². The Hall–Kier alpha value is -4.25. The summed E-state index contributed by atoms with van der Waals surface area (Å²) in [5.41, 5.74) is 11.5. The van der Waals surface area contributed by atoms with Gasteiger partial charge in [0.15, 0.2) is 11.6 Å². The van der Waals surface area contributed by atoms with Gasteiger partial charge >= 0.3 is 5.97 Å². The first-order valence-corrected chi connectivity index (χ1v) is 23.0. The van der Waals surface area contributed by atoms with Crippen molar-refractivity contribution in [1.29, 1.82) is 0 Å². The summed E-state index contributed by atoms with van der Waals surface area (Å²) < 4.78 is 35.1. The minimum absolute atomic E-state index is 0.0418. The lowest BCUT2D eigenvalue weighted by Gasteiger charge is -2.34. The number of carboxylic acid groups (broad SMARTS) is 1. The van der Waals surface area contributed by atoms with Gasteiger partial charge in [-0.2, -0.15) is 0 Å². The van der Waals surface area contributed by atoms with E-state index in [1.54, 1.807) is 0 Å². The van der Waals surface area contributed by atoms with Gasteiger partial charge in [0.25, 0.3) is 0 Å². The predicted octanol–water partition coefficient (Wildman–Crippen LogP) is 11.0. The molecule has 2 aliphatic rings. The molecule has 2 saturated heterocycles. The fourth-order valence-electron chi connectivity index (χ4n) is 9.49. The Morgan fingerprint density at radius 2 is 0.968 bits per heavy atom. The standard InChI is InChI=1S/C27H36O5.C27H38O4/c1-7-27(8-2,21-10-9-20(15-25(28)29)18(3)13-21)22-11-12-24(19(4)14-22)30-16-23-17-31-26(5,6)32-23;1-7-27(8-2,22-10-9-21(13-14-28)19(3)15-22)23-11-12-25(20(4)16-23)29-17-24-18-30-26(5,6)31-24/h9-14,23H,7-8,15-17H2,1-6H3,(H,28,29);9-12,15-16,24,28H,7-8,13-14,17-18H2,1-6H3/t23-;24-/m11/s1. The molecule has 2 fully saturated rings. The molecule has 0 saturated carbocycles. The van der Waals surface area contributed by atoms with Crippen molar-refractivity contribution in [3.8, 4) is 11.5 Å². The smallest absolute Gasteiger partial charge is 0.307 e. The van der Waals surface area contributed by atoms with Crippen LogP contribution in [0.25, 0.3) is 0 Å². The summed E-state index contributed by atoms with van der Waals surface area (Å²) >= 11 is 0. The molecular weight excluding hydrogens is 793 g/mol. The number of aliphatic hydroxyl groups excluding tert-OH is 1. The lowest BCUT2D eigenvalue weighted by Crippen LogP contribution is -2.27. The number of ether oxygens (including phenoxy) is 6. The highest BCUT2D eigenvalue weighted by Crippen LogP contribution is 2.43. The van der Waals surface area contributed by atoms with Crippen LogP contribution in [0.4, 0.5) is 0 Å². The highest BCUT2D eigenvalue weighted by Gasteiger charge is 2.36. The number of hydrogen-bond acceptors (Lipinski definition) is 8. The molecule has 2 aliphatic heterocycles. The van der Waals surface area contributed by atoms with Crippen molar-refractivity contribution in [3.05, 3.63) is 128 Å². The van der Waals surface area contributed by atoms with Gasteiger partial charge in [-0.3, -0.25) is 4.79 Å².